The summed E-state index contributed by atoms with van der Waals surface area (Å²) in [5.41, 5.74) is 0.289. The summed E-state index contributed by atoms with van der Waals surface area (Å²) in [6.07, 6.45) is -0.136. The molecule has 2 fully saturated rings. The van der Waals surface area contributed by atoms with Crippen LogP contribution >= 0.6 is 12.2 Å². The zero-order valence-electron chi connectivity index (χ0n) is 19.6. The van der Waals surface area contributed by atoms with Crippen LogP contribution in [-0.4, -0.2) is 54.0 Å². The summed E-state index contributed by atoms with van der Waals surface area (Å²) in [7, 11) is 0. The first-order chi connectivity index (χ1) is 17.2. The van der Waals surface area contributed by atoms with Crippen LogP contribution in [-0.2, 0) is 4.74 Å². The number of halogens is 1. The molecule has 0 aromatic heterocycles. The highest BCUT2D eigenvalue weighted by molar-refractivity contribution is 7.80. The number of thiocarbonyl (C=S) groups is 1. The predicted molar refractivity (Wildman–Crippen MR) is 138 cm³/mol. The van der Waals surface area contributed by atoms with E-state index in [-0.39, 0.29) is 18.3 Å². The van der Waals surface area contributed by atoms with E-state index >= 15 is 4.39 Å². The third-order valence-electron chi connectivity index (χ3n) is 6.27. The van der Waals surface area contributed by atoms with Crippen LogP contribution in [0.4, 0.5) is 31.9 Å². The number of carbonyl (C=O) groups excluding carboxylic acids is 1. The number of rotatable bonds is 7. The van der Waals surface area contributed by atoms with Gasteiger partial charge in [-0.3, -0.25) is 19.9 Å². The van der Waals surface area contributed by atoms with Gasteiger partial charge in [-0.15, -0.1) is 0 Å². The zero-order chi connectivity index (χ0) is 25.9. The second-order valence-corrected chi connectivity index (χ2v) is 9.36. The Kier molecular flexibility index (Phi) is 7.21. The third kappa shape index (κ3) is 5.46. The Bertz CT molecular complexity index is 1230. The lowest BCUT2D eigenvalue weighted by atomic mass is 9.96. The van der Waals surface area contributed by atoms with E-state index in [0.717, 1.165) is 0 Å². The zero-order valence-corrected chi connectivity index (χ0v) is 20.4. The summed E-state index contributed by atoms with van der Waals surface area (Å²) in [5, 5.41) is 17.2. The number of nitrogens with one attached hydrogen (secondary N) is 2. The highest BCUT2D eigenvalue weighted by atomic mass is 32.1. The summed E-state index contributed by atoms with van der Waals surface area (Å²) in [4.78, 5) is 30.5. The van der Waals surface area contributed by atoms with Crippen LogP contribution in [0.25, 0.3) is 4.85 Å². The summed E-state index contributed by atoms with van der Waals surface area (Å²) < 4.78 is 20.4. The van der Waals surface area contributed by atoms with Gasteiger partial charge in [0.05, 0.1) is 47.2 Å². The minimum Gasteiger partial charge on any atom is -0.442 e. The maximum absolute atomic E-state index is 15.1. The average molecular weight is 513 g/mol. The first-order valence-corrected chi connectivity index (χ1v) is 11.8. The standard InChI is InChI=1S/C24H25FN6O4S/c1-16(36)27-14-20-15-30(23(32)35-20)18-6-7-22(21(25)13-18)29-10-8-24(26-2,9-11-29)28-17-4-3-5-19(12-17)31(33)34/h3-7,12-13,20,28H,8-11,14-15H2,1H3,(H,27,36)/t20-/m0/s1. The van der Waals surface area contributed by atoms with Gasteiger partial charge in [-0.2, -0.15) is 0 Å². The molecule has 2 aromatic rings. The van der Waals surface area contributed by atoms with E-state index in [1.165, 1.54) is 23.1 Å². The van der Waals surface area contributed by atoms with E-state index in [0.29, 0.717) is 54.5 Å². The summed E-state index contributed by atoms with van der Waals surface area (Å²) in [6, 6.07) is 10.7. The van der Waals surface area contributed by atoms with Crippen LogP contribution in [0.2, 0.25) is 0 Å². The number of carbonyl (C=O) groups is 1. The Morgan fingerprint density at radius 1 is 1.33 bits per heavy atom. The van der Waals surface area contributed by atoms with Gasteiger partial charge in [0.2, 0.25) is 0 Å². The van der Waals surface area contributed by atoms with Gasteiger partial charge in [0.1, 0.15) is 11.9 Å². The number of anilines is 3. The maximum atomic E-state index is 15.1. The van der Waals surface area contributed by atoms with Crippen LogP contribution in [0.1, 0.15) is 19.8 Å². The van der Waals surface area contributed by atoms with E-state index in [1.807, 2.05) is 4.90 Å². The van der Waals surface area contributed by atoms with E-state index in [1.54, 1.807) is 31.2 Å². The molecule has 188 valence electrons. The minimum absolute atomic E-state index is 0.0574. The maximum Gasteiger partial charge on any atom is 0.414 e. The largest absolute Gasteiger partial charge is 0.442 e. The molecule has 1 amide bonds. The fourth-order valence-electron chi connectivity index (χ4n) is 4.36. The number of nitro benzene ring substituents is 1. The molecule has 36 heavy (non-hydrogen) atoms. The Morgan fingerprint density at radius 3 is 2.72 bits per heavy atom. The van der Waals surface area contributed by atoms with E-state index in [2.05, 4.69) is 15.5 Å². The number of ether oxygens (including phenoxy) is 1. The molecule has 4 rings (SSSR count). The molecular formula is C24H25FN6O4S. The number of nitro groups is 1. The quantitative estimate of drug-likeness (QED) is 0.245. The number of amides is 1. The van der Waals surface area contributed by atoms with Crippen molar-refractivity contribution in [2.75, 3.05) is 41.3 Å². The van der Waals surface area contributed by atoms with Crippen molar-refractivity contribution in [3.63, 3.8) is 0 Å². The summed E-state index contributed by atoms with van der Waals surface area (Å²) in [6.45, 7) is 11.0. The topological polar surface area (TPSA) is 104 Å². The van der Waals surface area contributed by atoms with Crippen LogP contribution in [0.5, 0.6) is 0 Å². The molecule has 0 bridgehead atoms. The SMILES string of the molecule is [C-]#[N+]C1(Nc2cccc([N+](=O)[O-])c2)CCN(c2ccc(N3C[C@H](CNC(C)=S)OC3=O)cc2F)CC1. The second-order valence-electron chi connectivity index (χ2n) is 8.75. The number of hydrogen-bond acceptors (Lipinski definition) is 7. The highest BCUT2D eigenvalue weighted by Crippen LogP contribution is 2.34. The first kappa shape index (κ1) is 25.1. The summed E-state index contributed by atoms with van der Waals surface area (Å²) in [5.74, 6) is -0.474. The third-order valence-corrected chi connectivity index (χ3v) is 6.42. The molecular weight excluding hydrogens is 487 g/mol. The Balaban J connectivity index is 1.41. The molecule has 0 unspecified atom stereocenters. The molecule has 2 aliphatic heterocycles. The van der Waals surface area contributed by atoms with Crippen molar-refractivity contribution in [3.8, 4) is 0 Å². The molecule has 10 nitrogen and oxygen atoms in total. The fraction of sp³-hybridized carbons (Fsp3) is 0.375. The minimum atomic E-state index is -0.939. The van der Waals surface area contributed by atoms with Gasteiger partial charge in [-0.05, 0) is 31.2 Å². The smallest absolute Gasteiger partial charge is 0.414 e. The normalized spacial score (nSPS) is 18.8. The van der Waals surface area contributed by atoms with Crippen molar-refractivity contribution in [3.05, 3.63) is 69.8 Å². The second kappa shape index (κ2) is 10.3. The predicted octanol–water partition coefficient (Wildman–Crippen LogP) is 4.32. The highest BCUT2D eigenvalue weighted by Gasteiger charge is 2.41. The number of hydrogen-bond donors (Lipinski definition) is 2. The van der Waals surface area contributed by atoms with E-state index < -0.39 is 22.5 Å². The van der Waals surface area contributed by atoms with Crippen molar-refractivity contribution < 1.29 is 18.8 Å². The molecule has 2 heterocycles. The molecule has 2 aromatic carbocycles. The van der Waals surface area contributed by atoms with Gasteiger partial charge >= 0.3 is 11.8 Å². The molecule has 0 saturated carbocycles. The van der Waals surface area contributed by atoms with Crippen LogP contribution < -0.4 is 20.4 Å². The monoisotopic (exact) mass is 512 g/mol. The van der Waals surface area contributed by atoms with Gasteiger partial charge in [-0.25, -0.2) is 15.8 Å². The van der Waals surface area contributed by atoms with Gasteiger partial charge in [-0.1, -0.05) is 18.3 Å². The molecule has 2 N–H and O–H groups in total. The Hall–Kier alpha value is -3.98. The molecule has 2 saturated heterocycles. The van der Waals surface area contributed by atoms with Crippen molar-refractivity contribution in [1.29, 1.82) is 0 Å². The number of benzene rings is 2. The fourth-order valence-corrected chi connectivity index (χ4v) is 4.45. The first-order valence-electron chi connectivity index (χ1n) is 11.4. The number of cyclic esters (lactones) is 1. The van der Waals surface area contributed by atoms with Gasteiger partial charge in [0, 0.05) is 30.9 Å². The number of piperidine rings is 1. The molecule has 2 aliphatic rings. The molecule has 12 heteroatoms. The lowest BCUT2D eigenvalue weighted by molar-refractivity contribution is -0.384. The molecule has 0 radical (unpaired) electrons. The van der Waals surface area contributed by atoms with Crippen molar-refractivity contribution in [2.24, 2.45) is 0 Å². The van der Waals surface area contributed by atoms with Crippen molar-refractivity contribution >= 4 is 46.0 Å². The van der Waals surface area contributed by atoms with Crippen molar-refractivity contribution in [1.82, 2.24) is 5.32 Å². The average Bonchev–Trinajstić information content (AvgIpc) is 3.24. The van der Waals surface area contributed by atoms with E-state index in [9.17, 15) is 14.9 Å². The lowest BCUT2D eigenvalue weighted by Crippen LogP contribution is -2.47. The lowest BCUT2D eigenvalue weighted by Gasteiger charge is -2.36. The van der Waals surface area contributed by atoms with Crippen molar-refractivity contribution in [2.45, 2.75) is 31.5 Å². The van der Waals surface area contributed by atoms with Crippen LogP contribution in [0, 0.1) is 22.5 Å². The molecule has 0 spiro atoms. The van der Waals surface area contributed by atoms with Crippen LogP contribution in [0.3, 0.4) is 0 Å². The van der Waals surface area contributed by atoms with E-state index in [4.69, 9.17) is 23.5 Å². The number of nitrogens with zero attached hydrogens (tertiary/aromatic N) is 4. The Morgan fingerprint density at radius 2 is 2.08 bits per heavy atom. The Labute approximate surface area is 213 Å². The van der Waals surface area contributed by atoms with Crippen LogP contribution in [0.15, 0.2) is 42.5 Å². The summed E-state index contributed by atoms with van der Waals surface area (Å²) >= 11 is 4.98. The van der Waals surface area contributed by atoms with Gasteiger partial charge in [0.15, 0.2) is 0 Å². The molecule has 1 atom stereocenters. The van der Waals surface area contributed by atoms with Gasteiger partial charge in [0.25, 0.3) is 5.69 Å². The molecule has 0 aliphatic carbocycles. The number of non-ortho nitro benzene ring substituents is 1. The van der Waals surface area contributed by atoms with Gasteiger partial charge < -0.3 is 20.3 Å².